The molecule has 0 aliphatic rings. The molecule has 6 nitrogen and oxygen atoms in total. The van der Waals surface area contributed by atoms with Crippen molar-refractivity contribution in [1.82, 2.24) is 4.98 Å². The molecule has 0 aliphatic heterocycles. The van der Waals surface area contributed by atoms with Crippen LogP contribution in [0.15, 0.2) is 77.8 Å². The van der Waals surface area contributed by atoms with Crippen LogP contribution in [-0.4, -0.2) is 30.6 Å². The summed E-state index contributed by atoms with van der Waals surface area (Å²) in [4.78, 5) is 16.0. The van der Waals surface area contributed by atoms with Crippen LogP contribution in [-0.2, 0) is 5.75 Å². The topological polar surface area (TPSA) is 92.4 Å². The van der Waals surface area contributed by atoms with Gasteiger partial charge >= 0.3 is 0 Å². The number of ether oxygens (including phenoxy) is 2. The van der Waals surface area contributed by atoms with Crippen molar-refractivity contribution in [2.45, 2.75) is 10.8 Å². The maximum Gasteiger partial charge on any atom is 0.153 e. The average Bonchev–Trinajstić information content (AvgIpc) is 2.92. The highest BCUT2D eigenvalue weighted by Crippen LogP contribution is 2.36. The van der Waals surface area contributed by atoms with E-state index in [1.54, 1.807) is 26.4 Å². The second-order valence-electron chi connectivity index (χ2n) is 7.60. The lowest BCUT2D eigenvalue weighted by Gasteiger charge is -2.13. The highest BCUT2D eigenvalue weighted by molar-refractivity contribution is 7.98. The fraction of sp³-hybridized carbons (Fsp3) is 0.107. The number of hydrogen-bond acceptors (Lipinski definition) is 7. The molecule has 4 rings (SSSR count). The Morgan fingerprint density at radius 3 is 2.14 bits per heavy atom. The van der Waals surface area contributed by atoms with E-state index in [1.807, 2.05) is 54.6 Å². The molecule has 0 fully saturated rings. The molecular formula is C28H22N2O4S. The smallest absolute Gasteiger partial charge is 0.153 e. The molecule has 0 bridgehead atoms. The number of thioether (sulfide) groups is 1. The number of hydrogen-bond donors (Lipinski definition) is 1. The molecule has 0 atom stereocenters. The molecule has 7 heteroatoms. The lowest BCUT2D eigenvalue weighted by Crippen LogP contribution is -1.97. The van der Waals surface area contributed by atoms with Crippen molar-refractivity contribution in [2.75, 3.05) is 14.2 Å². The molecule has 1 N–H and O–H groups in total. The zero-order chi connectivity index (χ0) is 24.8. The maximum absolute atomic E-state index is 11.2. The van der Waals surface area contributed by atoms with E-state index in [-0.39, 0.29) is 11.3 Å². The lowest BCUT2D eigenvalue weighted by atomic mass is 9.99. The summed E-state index contributed by atoms with van der Waals surface area (Å²) in [5, 5.41) is 20.4. The monoisotopic (exact) mass is 482 g/mol. The minimum atomic E-state index is -0.0621. The summed E-state index contributed by atoms with van der Waals surface area (Å²) in [5.41, 5.74) is 4.77. The van der Waals surface area contributed by atoms with E-state index in [9.17, 15) is 15.2 Å². The molecule has 0 saturated heterocycles. The number of phenols is 1. The van der Waals surface area contributed by atoms with Crippen LogP contribution in [0.4, 0.5) is 0 Å². The summed E-state index contributed by atoms with van der Waals surface area (Å²) in [6.07, 6.45) is 0.620. The fourth-order valence-electron chi connectivity index (χ4n) is 3.58. The number of pyridine rings is 1. The fourth-order valence-corrected chi connectivity index (χ4v) is 4.53. The molecule has 0 amide bonds. The Hall–Kier alpha value is -4.28. The van der Waals surface area contributed by atoms with Crippen molar-refractivity contribution in [3.63, 3.8) is 0 Å². The van der Waals surface area contributed by atoms with Crippen molar-refractivity contribution in [1.29, 1.82) is 5.26 Å². The van der Waals surface area contributed by atoms with Crippen molar-refractivity contribution < 1.29 is 19.4 Å². The van der Waals surface area contributed by atoms with E-state index >= 15 is 0 Å². The van der Waals surface area contributed by atoms with Gasteiger partial charge in [0.1, 0.15) is 28.3 Å². The first-order chi connectivity index (χ1) is 17.1. The molecule has 35 heavy (non-hydrogen) atoms. The summed E-state index contributed by atoms with van der Waals surface area (Å²) >= 11 is 1.40. The number of benzene rings is 3. The second-order valence-corrected chi connectivity index (χ2v) is 8.57. The number of nitrogens with zero attached hydrogens (tertiary/aromatic N) is 2. The van der Waals surface area contributed by atoms with Gasteiger partial charge < -0.3 is 14.6 Å². The average molecular weight is 483 g/mol. The standard InChI is InChI=1S/C28H22N2O4S/c1-33-22-8-4-19(5-9-22)24-14-26(20-6-10-23(34-2)11-7-20)30-28(25(24)15-29)35-17-18-3-12-27(32)21(13-18)16-31/h3-14,16,32H,17H2,1-2H3. The van der Waals surface area contributed by atoms with E-state index in [0.717, 1.165) is 39.4 Å². The molecule has 3 aromatic carbocycles. The number of aromatic hydroxyl groups is 1. The Bertz CT molecular complexity index is 1390. The van der Waals surface area contributed by atoms with E-state index in [2.05, 4.69) is 6.07 Å². The number of carbonyl (C=O) groups excluding carboxylic acids is 1. The molecule has 1 aromatic heterocycles. The normalized spacial score (nSPS) is 10.4. The first kappa shape index (κ1) is 23.9. The summed E-state index contributed by atoms with van der Waals surface area (Å²) in [6, 6.07) is 24.2. The van der Waals surface area contributed by atoms with Gasteiger partial charge in [0.05, 0.1) is 31.0 Å². The van der Waals surface area contributed by atoms with Crippen molar-refractivity contribution in [2.24, 2.45) is 0 Å². The van der Waals surface area contributed by atoms with Crippen LogP contribution in [0.3, 0.4) is 0 Å². The van der Waals surface area contributed by atoms with Crippen LogP contribution >= 0.6 is 11.8 Å². The first-order valence-corrected chi connectivity index (χ1v) is 11.7. The quantitative estimate of drug-likeness (QED) is 0.239. The number of phenolic OH excluding ortho intramolecular Hbond substituents is 1. The van der Waals surface area contributed by atoms with Gasteiger partial charge in [0.2, 0.25) is 0 Å². The van der Waals surface area contributed by atoms with Gasteiger partial charge in [-0.15, -0.1) is 11.8 Å². The Morgan fingerprint density at radius 1 is 0.943 bits per heavy atom. The van der Waals surface area contributed by atoms with Crippen LogP contribution < -0.4 is 9.47 Å². The minimum absolute atomic E-state index is 0.0621. The molecule has 0 spiro atoms. The van der Waals surface area contributed by atoms with Crippen LogP contribution in [0.5, 0.6) is 17.2 Å². The predicted octanol–water partition coefficient (Wildman–Crippen LogP) is 6.11. The van der Waals surface area contributed by atoms with Gasteiger partial charge in [-0.05, 0) is 65.7 Å². The van der Waals surface area contributed by atoms with E-state index in [1.165, 1.54) is 17.8 Å². The molecule has 0 unspecified atom stereocenters. The van der Waals surface area contributed by atoms with Crippen LogP contribution in [0.25, 0.3) is 22.4 Å². The molecular weight excluding hydrogens is 460 g/mol. The first-order valence-electron chi connectivity index (χ1n) is 10.7. The summed E-state index contributed by atoms with van der Waals surface area (Å²) < 4.78 is 10.6. The summed E-state index contributed by atoms with van der Waals surface area (Å²) in [7, 11) is 3.23. The number of methoxy groups -OCH3 is 2. The van der Waals surface area contributed by atoms with Crippen molar-refractivity contribution >= 4 is 18.0 Å². The third-order valence-corrected chi connectivity index (χ3v) is 6.53. The number of carbonyl (C=O) groups is 1. The highest BCUT2D eigenvalue weighted by atomic mass is 32.2. The van der Waals surface area contributed by atoms with Crippen LogP contribution in [0.2, 0.25) is 0 Å². The second kappa shape index (κ2) is 10.8. The van der Waals surface area contributed by atoms with Gasteiger partial charge in [0.15, 0.2) is 6.29 Å². The van der Waals surface area contributed by atoms with Gasteiger partial charge in [-0.2, -0.15) is 5.26 Å². The van der Waals surface area contributed by atoms with Gasteiger partial charge in [-0.1, -0.05) is 18.2 Å². The number of aldehydes is 1. The minimum Gasteiger partial charge on any atom is -0.507 e. The molecule has 0 radical (unpaired) electrons. The predicted molar refractivity (Wildman–Crippen MR) is 136 cm³/mol. The Balaban J connectivity index is 1.79. The van der Waals surface area contributed by atoms with Crippen molar-refractivity contribution in [3.8, 4) is 45.7 Å². The maximum atomic E-state index is 11.2. The van der Waals surface area contributed by atoms with Crippen LogP contribution in [0, 0.1) is 11.3 Å². The third kappa shape index (κ3) is 5.29. The lowest BCUT2D eigenvalue weighted by molar-refractivity contribution is 0.112. The van der Waals surface area contributed by atoms with Gasteiger partial charge in [-0.25, -0.2) is 4.98 Å². The van der Waals surface area contributed by atoms with Crippen molar-refractivity contribution in [3.05, 3.63) is 89.5 Å². The van der Waals surface area contributed by atoms with E-state index < -0.39 is 0 Å². The Labute approximate surface area is 207 Å². The highest BCUT2D eigenvalue weighted by Gasteiger charge is 2.17. The number of rotatable bonds is 8. The Kier molecular flexibility index (Phi) is 7.34. The number of nitriles is 1. The zero-order valence-electron chi connectivity index (χ0n) is 19.2. The van der Waals surface area contributed by atoms with Gasteiger partial charge in [-0.3, -0.25) is 4.79 Å². The molecule has 174 valence electrons. The molecule has 0 aliphatic carbocycles. The largest absolute Gasteiger partial charge is 0.507 e. The van der Waals surface area contributed by atoms with E-state index in [4.69, 9.17) is 14.5 Å². The van der Waals surface area contributed by atoms with Gasteiger partial charge in [0, 0.05) is 16.9 Å². The Morgan fingerprint density at radius 2 is 1.57 bits per heavy atom. The van der Waals surface area contributed by atoms with Crippen LogP contribution in [0.1, 0.15) is 21.5 Å². The number of aromatic nitrogens is 1. The summed E-state index contributed by atoms with van der Waals surface area (Å²) in [5.74, 6) is 1.87. The molecule has 0 saturated carbocycles. The van der Waals surface area contributed by atoms with E-state index in [0.29, 0.717) is 22.6 Å². The zero-order valence-corrected chi connectivity index (χ0v) is 20.0. The molecule has 1 heterocycles. The van der Waals surface area contributed by atoms with Gasteiger partial charge in [0.25, 0.3) is 0 Å². The molecule has 4 aromatic rings. The SMILES string of the molecule is COc1ccc(-c2cc(-c3ccc(OC)cc3)c(C#N)c(SCc3ccc(O)c(C=O)c3)n2)cc1. The third-order valence-electron chi connectivity index (χ3n) is 5.48. The summed E-state index contributed by atoms with van der Waals surface area (Å²) in [6.45, 7) is 0.